The Hall–Kier alpha value is -4.21. The summed E-state index contributed by atoms with van der Waals surface area (Å²) in [7, 11) is 0. The van der Waals surface area contributed by atoms with Gasteiger partial charge in [-0.2, -0.15) is 0 Å². The van der Waals surface area contributed by atoms with Gasteiger partial charge in [-0.15, -0.1) is 0 Å². The maximum Gasteiger partial charge on any atom is 0.247 e. The number of hydrogen-bond acceptors (Lipinski definition) is 6. The van der Waals surface area contributed by atoms with Crippen molar-refractivity contribution in [1.82, 2.24) is 20.3 Å². The van der Waals surface area contributed by atoms with E-state index in [1.807, 2.05) is 30.5 Å². The molecular weight excluding hydrogens is 490 g/mol. The molecule has 188 valence electrons. The average molecular weight is 516 g/mol. The van der Waals surface area contributed by atoms with E-state index in [-0.39, 0.29) is 23.8 Å². The molecule has 37 heavy (non-hydrogen) atoms. The lowest BCUT2D eigenvalue weighted by atomic mass is 9.95. The third-order valence-electron chi connectivity index (χ3n) is 6.25. The summed E-state index contributed by atoms with van der Waals surface area (Å²) < 4.78 is 0. The first-order valence-corrected chi connectivity index (χ1v) is 12.3. The molecule has 5 N–H and O–H groups in total. The molecule has 0 spiro atoms. The molecule has 10 heteroatoms. The summed E-state index contributed by atoms with van der Waals surface area (Å²) in [5.74, 6) is -0.165. The van der Waals surface area contributed by atoms with Crippen LogP contribution in [-0.4, -0.2) is 45.9 Å². The van der Waals surface area contributed by atoms with Crippen molar-refractivity contribution in [3.63, 3.8) is 0 Å². The van der Waals surface area contributed by atoms with Crippen molar-refractivity contribution < 1.29 is 9.59 Å². The fourth-order valence-corrected chi connectivity index (χ4v) is 4.59. The minimum atomic E-state index is -0.290. The normalized spacial score (nSPS) is 17.2. The number of aromatic amines is 1. The molecular formula is C27H26ClN7O2. The van der Waals surface area contributed by atoms with E-state index in [0.29, 0.717) is 47.6 Å². The number of nitrogens with zero attached hydrogens (tertiary/aromatic N) is 2. The maximum absolute atomic E-state index is 12.9. The van der Waals surface area contributed by atoms with E-state index in [1.54, 1.807) is 30.5 Å². The Bertz CT molecular complexity index is 1450. The van der Waals surface area contributed by atoms with Crippen LogP contribution in [0.25, 0.3) is 22.2 Å². The topological polar surface area (TPSA) is 124 Å². The van der Waals surface area contributed by atoms with Crippen LogP contribution < -0.4 is 21.3 Å². The average Bonchev–Trinajstić information content (AvgIpc) is 3.35. The second-order valence-corrected chi connectivity index (χ2v) is 9.24. The summed E-state index contributed by atoms with van der Waals surface area (Å²) in [5, 5.41) is 13.8. The fraction of sp³-hybridized carbons (Fsp3) is 0.185. The predicted octanol–water partition coefficient (Wildman–Crippen LogP) is 4.43. The summed E-state index contributed by atoms with van der Waals surface area (Å²) in [4.78, 5) is 36.7. The Morgan fingerprint density at radius 2 is 1.81 bits per heavy atom. The van der Waals surface area contributed by atoms with Crippen LogP contribution in [0.2, 0.25) is 5.02 Å². The molecule has 2 amide bonds. The van der Waals surface area contributed by atoms with Crippen molar-refractivity contribution in [2.45, 2.75) is 12.5 Å². The molecule has 3 heterocycles. The molecule has 0 bridgehead atoms. The van der Waals surface area contributed by atoms with E-state index in [0.717, 1.165) is 16.5 Å². The van der Waals surface area contributed by atoms with Crippen molar-refractivity contribution in [1.29, 1.82) is 0 Å². The second kappa shape index (κ2) is 10.8. The number of halogens is 1. The SMILES string of the molecule is C=CC(=O)Nc1ccc(NC(=O)C2CNCC(Nc3ncc(Cl)c(-c4c[nH]c5ccccc45)n3)C2)cc1. The zero-order valence-corrected chi connectivity index (χ0v) is 20.7. The number of benzene rings is 2. The Labute approximate surface area is 218 Å². The number of rotatable bonds is 7. The van der Waals surface area contributed by atoms with Gasteiger partial charge in [-0.1, -0.05) is 36.4 Å². The minimum absolute atomic E-state index is 0.0435. The van der Waals surface area contributed by atoms with E-state index in [4.69, 9.17) is 16.6 Å². The van der Waals surface area contributed by atoms with Gasteiger partial charge in [0.05, 0.1) is 22.8 Å². The van der Waals surface area contributed by atoms with Gasteiger partial charge in [0.25, 0.3) is 0 Å². The molecule has 2 aromatic carbocycles. The van der Waals surface area contributed by atoms with Gasteiger partial charge in [0, 0.05) is 53.2 Å². The first-order chi connectivity index (χ1) is 18.0. The third kappa shape index (κ3) is 5.63. The van der Waals surface area contributed by atoms with Gasteiger partial charge < -0.3 is 26.3 Å². The molecule has 0 saturated carbocycles. The highest BCUT2D eigenvalue weighted by molar-refractivity contribution is 6.33. The van der Waals surface area contributed by atoms with Gasteiger partial charge >= 0.3 is 0 Å². The Balaban J connectivity index is 1.23. The van der Waals surface area contributed by atoms with E-state index in [2.05, 4.69) is 37.8 Å². The molecule has 1 aliphatic rings. The summed E-state index contributed by atoms with van der Waals surface area (Å²) in [6.07, 6.45) is 5.30. The van der Waals surface area contributed by atoms with Gasteiger partial charge in [-0.25, -0.2) is 9.97 Å². The van der Waals surface area contributed by atoms with E-state index in [9.17, 15) is 9.59 Å². The van der Waals surface area contributed by atoms with Gasteiger partial charge in [0.2, 0.25) is 17.8 Å². The summed E-state index contributed by atoms with van der Waals surface area (Å²) in [6.45, 7) is 4.68. The molecule has 2 unspecified atom stereocenters. The number of piperidine rings is 1. The summed E-state index contributed by atoms with van der Waals surface area (Å²) >= 11 is 6.46. The number of amides is 2. The van der Waals surface area contributed by atoms with Crippen LogP contribution >= 0.6 is 11.6 Å². The van der Waals surface area contributed by atoms with E-state index in [1.165, 1.54) is 6.08 Å². The first kappa shape index (κ1) is 24.5. The highest BCUT2D eigenvalue weighted by Crippen LogP contribution is 2.32. The van der Waals surface area contributed by atoms with Crippen molar-refractivity contribution in [2.75, 3.05) is 29.0 Å². The van der Waals surface area contributed by atoms with Crippen LogP contribution in [-0.2, 0) is 9.59 Å². The Kier molecular flexibility index (Phi) is 7.16. The molecule has 1 aliphatic heterocycles. The highest BCUT2D eigenvalue weighted by atomic mass is 35.5. The molecule has 1 fully saturated rings. The lowest BCUT2D eigenvalue weighted by molar-refractivity contribution is -0.120. The number of nitrogens with one attached hydrogen (secondary N) is 5. The fourth-order valence-electron chi connectivity index (χ4n) is 4.40. The zero-order chi connectivity index (χ0) is 25.8. The van der Waals surface area contributed by atoms with Crippen LogP contribution in [0.15, 0.2) is 73.6 Å². The monoisotopic (exact) mass is 515 g/mol. The quantitative estimate of drug-likeness (QED) is 0.232. The number of fused-ring (bicyclic) bond motifs is 1. The number of para-hydroxylation sites is 1. The van der Waals surface area contributed by atoms with Crippen molar-refractivity contribution in [3.8, 4) is 11.3 Å². The maximum atomic E-state index is 12.9. The smallest absolute Gasteiger partial charge is 0.247 e. The van der Waals surface area contributed by atoms with Gasteiger partial charge in [0.1, 0.15) is 0 Å². The number of aromatic nitrogens is 3. The number of carbonyl (C=O) groups is 2. The minimum Gasteiger partial charge on any atom is -0.360 e. The summed E-state index contributed by atoms with van der Waals surface area (Å²) in [6, 6.07) is 14.9. The van der Waals surface area contributed by atoms with Crippen LogP contribution in [0.5, 0.6) is 0 Å². The molecule has 2 atom stereocenters. The Morgan fingerprint density at radius 1 is 1.05 bits per heavy atom. The number of anilines is 3. The number of hydrogen-bond donors (Lipinski definition) is 5. The second-order valence-electron chi connectivity index (χ2n) is 8.83. The lowest BCUT2D eigenvalue weighted by Crippen LogP contribution is -2.47. The van der Waals surface area contributed by atoms with Crippen LogP contribution in [0, 0.1) is 5.92 Å². The number of carbonyl (C=O) groups excluding carboxylic acids is 2. The van der Waals surface area contributed by atoms with Crippen molar-refractivity contribution in [3.05, 3.63) is 78.6 Å². The van der Waals surface area contributed by atoms with Crippen LogP contribution in [0.1, 0.15) is 6.42 Å². The summed E-state index contributed by atoms with van der Waals surface area (Å²) in [5.41, 5.74) is 3.83. The predicted molar refractivity (Wildman–Crippen MR) is 147 cm³/mol. The molecule has 4 aromatic rings. The zero-order valence-electron chi connectivity index (χ0n) is 19.9. The largest absolute Gasteiger partial charge is 0.360 e. The molecule has 2 aromatic heterocycles. The standard InChI is InChI=1S/C27H26ClN7O2/c1-2-24(36)32-17-7-9-18(10-8-17)33-26(37)16-11-19(13-29-12-16)34-27-31-15-22(28)25(35-27)21-14-30-23-6-4-3-5-20(21)23/h2-10,14-16,19,29-30H,1,11-13H2,(H,32,36)(H,33,37)(H,31,34,35). The van der Waals surface area contributed by atoms with Gasteiger partial charge in [-0.05, 0) is 42.8 Å². The van der Waals surface area contributed by atoms with E-state index >= 15 is 0 Å². The number of H-pyrrole nitrogens is 1. The van der Waals surface area contributed by atoms with Crippen molar-refractivity contribution >= 4 is 51.6 Å². The Morgan fingerprint density at radius 3 is 2.59 bits per heavy atom. The van der Waals surface area contributed by atoms with Crippen LogP contribution in [0.4, 0.5) is 17.3 Å². The molecule has 5 rings (SSSR count). The lowest BCUT2D eigenvalue weighted by Gasteiger charge is -2.30. The van der Waals surface area contributed by atoms with Crippen LogP contribution in [0.3, 0.4) is 0 Å². The third-order valence-corrected chi connectivity index (χ3v) is 6.52. The van der Waals surface area contributed by atoms with Crippen molar-refractivity contribution in [2.24, 2.45) is 5.92 Å². The molecule has 9 nitrogen and oxygen atoms in total. The van der Waals surface area contributed by atoms with Gasteiger partial charge in [-0.3, -0.25) is 9.59 Å². The first-order valence-electron chi connectivity index (χ1n) is 11.9. The molecule has 1 saturated heterocycles. The van der Waals surface area contributed by atoms with Gasteiger partial charge in [0.15, 0.2) is 0 Å². The molecule has 0 radical (unpaired) electrons. The van der Waals surface area contributed by atoms with E-state index < -0.39 is 0 Å². The highest BCUT2D eigenvalue weighted by Gasteiger charge is 2.28. The molecule has 0 aliphatic carbocycles.